The first-order valence-electron chi connectivity index (χ1n) is 8.14. The van der Waals surface area contributed by atoms with E-state index in [4.69, 9.17) is 0 Å². The molecule has 116 valence electrons. The summed E-state index contributed by atoms with van der Waals surface area (Å²) in [5, 5.41) is 3.68. The van der Waals surface area contributed by atoms with Crippen LogP contribution in [0.5, 0.6) is 0 Å². The minimum absolute atomic E-state index is 0. The van der Waals surface area contributed by atoms with Gasteiger partial charge in [0, 0.05) is 25.0 Å². The Balaban J connectivity index is 0.00000147. The van der Waals surface area contributed by atoms with Gasteiger partial charge in [-0.25, -0.2) is 0 Å². The van der Waals surface area contributed by atoms with E-state index in [0.717, 1.165) is 44.7 Å². The van der Waals surface area contributed by atoms with Crippen LogP contribution in [0.25, 0.3) is 0 Å². The summed E-state index contributed by atoms with van der Waals surface area (Å²) in [6.07, 6.45) is 7.39. The Morgan fingerprint density at radius 3 is 2.40 bits per heavy atom. The number of likely N-dealkylation sites (tertiary alicyclic amines) is 1. The second-order valence-corrected chi connectivity index (χ2v) is 7.22. The Kier molecular flexibility index (Phi) is 5.01. The van der Waals surface area contributed by atoms with Gasteiger partial charge in [0.05, 0.1) is 0 Å². The molecule has 2 unspecified atom stereocenters. The summed E-state index contributed by atoms with van der Waals surface area (Å²) in [5.74, 6) is 1.72. The highest BCUT2D eigenvalue weighted by Crippen LogP contribution is 2.55. The molecule has 1 saturated heterocycles. The van der Waals surface area contributed by atoms with Gasteiger partial charge in [-0.1, -0.05) is 13.8 Å². The van der Waals surface area contributed by atoms with Gasteiger partial charge in [-0.2, -0.15) is 0 Å². The van der Waals surface area contributed by atoms with Crippen LogP contribution in [0.2, 0.25) is 0 Å². The normalized spacial score (nSPS) is 33.7. The lowest BCUT2D eigenvalue weighted by Crippen LogP contribution is -2.46. The Bertz CT molecular complexity index is 350. The largest absolute Gasteiger partial charge is 0.342 e. The number of hydrogen-bond donors (Lipinski definition) is 1. The summed E-state index contributed by atoms with van der Waals surface area (Å²) < 4.78 is 0. The zero-order chi connectivity index (χ0) is 13.5. The van der Waals surface area contributed by atoms with E-state index in [9.17, 15) is 4.79 Å². The highest BCUT2D eigenvalue weighted by atomic mass is 35.5. The monoisotopic (exact) mass is 300 g/mol. The molecule has 3 nitrogen and oxygen atoms in total. The Hall–Kier alpha value is -0.280. The first kappa shape index (κ1) is 16.1. The van der Waals surface area contributed by atoms with Crippen molar-refractivity contribution in [3.05, 3.63) is 0 Å². The van der Waals surface area contributed by atoms with E-state index in [0.29, 0.717) is 23.3 Å². The number of amides is 1. The zero-order valence-corrected chi connectivity index (χ0v) is 13.7. The lowest BCUT2D eigenvalue weighted by Gasteiger charge is -2.33. The summed E-state index contributed by atoms with van der Waals surface area (Å²) in [7, 11) is 0. The molecular weight excluding hydrogens is 272 g/mol. The highest BCUT2D eigenvalue weighted by Gasteiger charge is 2.54. The lowest BCUT2D eigenvalue weighted by atomic mass is 10.0. The van der Waals surface area contributed by atoms with Crippen LogP contribution in [0.15, 0.2) is 0 Å². The number of hydrogen-bond acceptors (Lipinski definition) is 2. The molecule has 1 heterocycles. The zero-order valence-electron chi connectivity index (χ0n) is 12.9. The fourth-order valence-electron chi connectivity index (χ4n) is 3.36. The molecule has 0 aromatic rings. The van der Waals surface area contributed by atoms with Gasteiger partial charge < -0.3 is 10.2 Å². The van der Waals surface area contributed by atoms with E-state index < -0.39 is 0 Å². The molecule has 1 N–H and O–H groups in total. The molecule has 0 bridgehead atoms. The van der Waals surface area contributed by atoms with E-state index in [1.807, 2.05) is 0 Å². The molecular formula is C16H29ClN2O. The van der Waals surface area contributed by atoms with Gasteiger partial charge in [-0.15, -0.1) is 12.4 Å². The van der Waals surface area contributed by atoms with Crippen molar-refractivity contribution in [3.8, 4) is 0 Å². The molecule has 20 heavy (non-hydrogen) atoms. The van der Waals surface area contributed by atoms with Crippen molar-refractivity contribution in [2.45, 2.75) is 58.4 Å². The maximum Gasteiger partial charge on any atom is 0.226 e. The van der Waals surface area contributed by atoms with E-state index in [1.165, 1.54) is 19.4 Å². The van der Waals surface area contributed by atoms with Crippen molar-refractivity contribution in [3.63, 3.8) is 0 Å². The van der Waals surface area contributed by atoms with E-state index in [1.54, 1.807) is 0 Å². The third kappa shape index (κ3) is 3.48. The molecule has 0 spiro atoms. The number of halogens is 1. The number of nitrogens with zero attached hydrogens (tertiary/aromatic N) is 1. The predicted octanol–water partition coefficient (Wildman–Crippen LogP) is 2.84. The van der Waals surface area contributed by atoms with Crippen LogP contribution in [0.1, 0.15) is 52.4 Å². The van der Waals surface area contributed by atoms with Crippen LogP contribution in [-0.2, 0) is 4.79 Å². The van der Waals surface area contributed by atoms with Crippen molar-refractivity contribution >= 4 is 18.3 Å². The van der Waals surface area contributed by atoms with Crippen LogP contribution in [0.4, 0.5) is 0 Å². The van der Waals surface area contributed by atoms with Crippen molar-refractivity contribution in [1.82, 2.24) is 10.2 Å². The average Bonchev–Trinajstić information content (AvgIpc) is 3.33. The van der Waals surface area contributed by atoms with Gasteiger partial charge in [0.15, 0.2) is 0 Å². The van der Waals surface area contributed by atoms with Gasteiger partial charge in [0.2, 0.25) is 5.91 Å². The first-order chi connectivity index (χ1) is 9.12. The molecule has 2 atom stereocenters. The summed E-state index contributed by atoms with van der Waals surface area (Å²) >= 11 is 0. The summed E-state index contributed by atoms with van der Waals surface area (Å²) in [6, 6.07) is 0.654. The molecule has 0 radical (unpaired) electrons. The van der Waals surface area contributed by atoms with Gasteiger partial charge in [-0.05, 0) is 56.4 Å². The third-order valence-corrected chi connectivity index (χ3v) is 5.66. The molecule has 1 amide bonds. The quantitative estimate of drug-likeness (QED) is 0.847. The fourth-order valence-corrected chi connectivity index (χ4v) is 3.36. The van der Waals surface area contributed by atoms with Crippen LogP contribution in [0.3, 0.4) is 0 Å². The summed E-state index contributed by atoms with van der Waals surface area (Å²) in [4.78, 5) is 14.5. The summed E-state index contributed by atoms with van der Waals surface area (Å²) in [6.45, 7) is 7.62. The Morgan fingerprint density at radius 1 is 1.25 bits per heavy atom. The minimum Gasteiger partial charge on any atom is -0.342 e. The first-order valence-corrected chi connectivity index (χ1v) is 8.14. The number of nitrogens with one attached hydrogen (secondary N) is 1. The molecule has 3 fully saturated rings. The van der Waals surface area contributed by atoms with Gasteiger partial charge in [0.25, 0.3) is 0 Å². The molecule has 4 heteroatoms. The molecule has 1 aliphatic heterocycles. The Labute approximate surface area is 129 Å². The highest BCUT2D eigenvalue weighted by molar-refractivity contribution is 5.85. The number of piperidine rings is 1. The number of carbonyl (C=O) groups excluding carboxylic acids is 1. The van der Waals surface area contributed by atoms with Gasteiger partial charge in [-0.3, -0.25) is 4.79 Å². The fraction of sp³-hybridized carbons (Fsp3) is 0.938. The van der Waals surface area contributed by atoms with Gasteiger partial charge in [0.1, 0.15) is 0 Å². The van der Waals surface area contributed by atoms with E-state index in [-0.39, 0.29) is 12.4 Å². The van der Waals surface area contributed by atoms with Crippen LogP contribution in [-0.4, -0.2) is 36.5 Å². The van der Waals surface area contributed by atoms with Crippen LogP contribution >= 0.6 is 12.4 Å². The van der Waals surface area contributed by atoms with Gasteiger partial charge >= 0.3 is 0 Å². The number of carbonyl (C=O) groups is 1. The Morgan fingerprint density at radius 2 is 1.90 bits per heavy atom. The second-order valence-electron chi connectivity index (χ2n) is 7.22. The SMILES string of the molecule is CCC1(C)CC1C(=O)N1CCC(NCC2CC2)CC1.Cl. The van der Waals surface area contributed by atoms with Crippen molar-refractivity contribution in [2.24, 2.45) is 17.3 Å². The van der Waals surface area contributed by atoms with Crippen molar-refractivity contribution in [2.75, 3.05) is 19.6 Å². The predicted molar refractivity (Wildman–Crippen MR) is 84.1 cm³/mol. The maximum absolute atomic E-state index is 12.4. The standard InChI is InChI=1S/C16H28N2O.ClH/c1-3-16(2)10-14(16)15(19)18-8-6-13(7-9-18)17-11-12-4-5-12;/h12-14,17H,3-11H2,1-2H3;1H. The maximum atomic E-state index is 12.4. The molecule has 2 saturated carbocycles. The molecule has 0 aromatic carbocycles. The third-order valence-electron chi connectivity index (χ3n) is 5.66. The van der Waals surface area contributed by atoms with Crippen molar-refractivity contribution < 1.29 is 4.79 Å². The molecule has 3 rings (SSSR count). The minimum atomic E-state index is 0. The van der Waals surface area contributed by atoms with E-state index in [2.05, 4.69) is 24.1 Å². The van der Waals surface area contributed by atoms with Crippen molar-refractivity contribution in [1.29, 1.82) is 0 Å². The molecule has 0 aromatic heterocycles. The van der Waals surface area contributed by atoms with E-state index >= 15 is 0 Å². The topological polar surface area (TPSA) is 32.3 Å². The second kappa shape index (κ2) is 6.23. The van der Waals surface area contributed by atoms with Crippen LogP contribution < -0.4 is 5.32 Å². The lowest BCUT2D eigenvalue weighted by molar-refractivity contribution is -0.134. The molecule has 2 aliphatic carbocycles. The molecule has 3 aliphatic rings. The number of rotatable bonds is 5. The van der Waals surface area contributed by atoms with Crippen LogP contribution in [0, 0.1) is 17.3 Å². The average molecular weight is 301 g/mol. The smallest absolute Gasteiger partial charge is 0.226 e. The summed E-state index contributed by atoms with van der Waals surface area (Å²) in [5.41, 5.74) is 0.318.